The zero-order chi connectivity index (χ0) is 21.4. The number of H-pyrrole nitrogens is 1. The van der Waals surface area contributed by atoms with Gasteiger partial charge in [-0.2, -0.15) is 0 Å². The molecule has 1 aliphatic rings. The number of rotatable bonds is 5. The largest absolute Gasteiger partial charge is 0.442 e. The number of aromatic nitrogens is 3. The Labute approximate surface area is 180 Å². The summed E-state index contributed by atoms with van der Waals surface area (Å²) in [5.74, 6) is 0.801. The molecule has 0 unspecified atom stereocenters. The summed E-state index contributed by atoms with van der Waals surface area (Å²) in [6, 6.07) is 14.9. The Morgan fingerprint density at radius 1 is 1.06 bits per heavy atom. The number of imidazole rings is 1. The van der Waals surface area contributed by atoms with Gasteiger partial charge in [0.15, 0.2) is 0 Å². The number of fused-ring (bicyclic) bond motifs is 1. The molecule has 0 fully saturated rings. The highest BCUT2D eigenvalue weighted by Gasteiger charge is 2.20. The van der Waals surface area contributed by atoms with Crippen molar-refractivity contribution in [2.45, 2.75) is 20.4 Å². The Hall–Kier alpha value is -3.93. The van der Waals surface area contributed by atoms with Gasteiger partial charge in [0.1, 0.15) is 12.1 Å². The van der Waals surface area contributed by atoms with Crippen LogP contribution in [0.1, 0.15) is 33.2 Å². The molecule has 0 spiro atoms. The lowest BCUT2D eigenvalue weighted by Gasteiger charge is -2.21. The quantitative estimate of drug-likeness (QED) is 0.468. The first kappa shape index (κ1) is 19.1. The SMILES string of the molecule is Cc1ccc(-c2ccc(-c3nc4c([nH]3)CN(CC(=O)c3ncco3)C=C4)cc2)cc1C. The van der Waals surface area contributed by atoms with E-state index in [4.69, 9.17) is 9.40 Å². The molecule has 0 bridgehead atoms. The molecular formula is C25H22N4O2. The predicted octanol–water partition coefficient (Wildman–Crippen LogP) is 5.02. The van der Waals surface area contributed by atoms with E-state index in [-0.39, 0.29) is 18.2 Å². The molecule has 4 aromatic rings. The van der Waals surface area contributed by atoms with Crippen molar-refractivity contribution in [2.24, 2.45) is 0 Å². The smallest absolute Gasteiger partial charge is 0.264 e. The number of hydrogen-bond donors (Lipinski definition) is 1. The molecule has 0 saturated heterocycles. The number of aromatic amines is 1. The van der Waals surface area contributed by atoms with Gasteiger partial charge in [0.25, 0.3) is 5.89 Å². The molecule has 6 nitrogen and oxygen atoms in total. The van der Waals surface area contributed by atoms with Gasteiger partial charge in [-0.3, -0.25) is 4.79 Å². The summed E-state index contributed by atoms with van der Waals surface area (Å²) in [5.41, 5.74) is 7.88. The highest BCUT2D eigenvalue weighted by molar-refractivity contribution is 5.93. The van der Waals surface area contributed by atoms with Crippen molar-refractivity contribution in [1.29, 1.82) is 0 Å². The highest BCUT2D eigenvalue weighted by Crippen LogP contribution is 2.27. The lowest BCUT2D eigenvalue weighted by Crippen LogP contribution is -2.27. The van der Waals surface area contributed by atoms with Crippen LogP contribution in [0.3, 0.4) is 0 Å². The van der Waals surface area contributed by atoms with Crippen LogP contribution in [-0.4, -0.2) is 32.2 Å². The first-order chi connectivity index (χ1) is 15.1. The van der Waals surface area contributed by atoms with Gasteiger partial charge in [-0.15, -0.1) is 0 Å². The molecule has 2 aromatic carbocycles. The van der Waals surface area contributed by atoms with Gasteiger partial charge in [-0.1, -0.05) is 42.5 Å². The Bertz CT molecular complexity index is 1270. The fourth-order valence-corrected chi connectivity index (χ4v) is 3.71. The molecule has 5 rings (SSSR count). The second kappa shape index (κ2) is 7.72. The normalized spacial score (nSPS) is 12.8. The molecule has 154 valence electrons. The maximum atomic E-state index is 12.2. The first-order valence-electron chi connectivity index (χ1n) is 10.2. The van der Waals surface area contributed by atoms with Crippen LogP contribution in [0.15, 0.2) is 65.5 Å². The first-order valence-corrected chi connectivity index (χ1v) is 10.2. The fourth-order valence-electron chi connectivity index (χ4n) is 3.71. The van der Waals surface area contributed by atoms with E-state index in [1.807, 2.05) is 17.2 Å². The molecule has 0 amide bonds. The fraction of sp³-hybridized carbons (Fsp3) is 0.160. The van der Waals surface area contributed by atoms with Gasteiger partial charge in [0.2, 0.25) is 5.78 Å². The molecule has 0 aliphatic carbocycles. The van der Waals surface area contributed by atoms with Crippen LogP contribution in [0, 0.1) is 13.8 Å². The number of hydrogen-bond acceptors (Lipinski definition) is 5. The molecule has 3 heterocycles. The maximum absolute atomic E-state index is 12.2. The third-order valence-electron chi connectivity index (χ3n) is 5.63. The van der Waals surface area contributed by atoms with E-state index in [2.05, 4.69) is 66.3 Å². The van der Waals surface area contributed by atoms with Crippen LogP contribution in [0.25, 0.3) is 28.6 Å². The predicted molar refractivity (Wildman–Crippen MR) is 119 cm³/mol. The van der Waals surface area contributed by atoms with E-state index in [9.17, 15) is 4.79 Å². The van der Waals surface area contributed by atoms with Crippen LogP contribution in [0.5, 0.6) is 0 Å². The topological polar surface area (TPSA) is 75.0 Å². The van der Waals surface area contributed by atoms with Crippen molar-refractivity contribution in [1.82, 2.24) is 19.9 Å². The number of ketones is 1. The number of oxazole rings is 1. The van der Waals surface area contributed by atoms with Gasteiger partial charge in [-0.05, 0) is 42.2 Å². The zero-order valence-electron chi connectivity index (χ0n) is 17.4. The van der Waals surface area contributed by atoms with E-state index >= 15 is 0 Å². The molecule has 0 saturated carbocycles. The lowest BCUT2D eigenvalue weighted by molar-refractivity contribution is 0.0918. The third-order valence-corrected chi connectivity index (χ3v) is 5.63. The number of Topliss-reactive ketones (excluding diaryl/α,β-unsaturated/α-hetero) is 1. The number of carbonyl (C=O) groups excluding carboxylic acids is 1. The van der Waals surface area contributed by atoms with Crippen molar-refractivity contribution < 1.29 is 9.21 Å². The molecule has 2 aromatic heterocycles. The van der Waals surface area contributed by atoms with E-state index in [0.29, 0.717) is 6.54 Å². The van der Waals surface area contributed by atoms with E-state index in [0.717, 1.165) is 22.8 Å². The standard InChI is InChI=1S/C25H22N4O2/c1-16-3-4-20(13-17(16)2)18-5-7-19(8-6-18)24-27-21-9-11-29(14-22(21)28-24)15-23(30)25-26-10-12-31-25/h3-13H,14-15H2,1-2H3,(H,27,28). The van der Waals surface area contributed by atoms with Gasteiger partial charge in [0.05, 0.1) is 30.7 Å². The second-order valence-electron chi connectivity index (χ2n) is 7.81. The summed E-state index contributed by atoms with van der Waals surface area (Å²) in [5, 5.41) is 0. The van der Waals surface area contributed by atoms with Crippen LogP contribution in [0.2, 0.25) is 0 Å². The van der Waals surface area contributed by atoms with E-state index < -0.39 is 0 Å². The Morgan fingerprint density at radius 2 is 1.84 bits per heavy atom. The number of aryl methyl sites for hydroxylation is 2. The molecular weight excluding hydrogens is 388 g/mol. The third kappa shape index (κ3) is 3.80. The lowest BCUT2D eigenvalue weighted by atomic mass is 9.99. The number of benzene rings is 2. The number of nitrogens with zero attached hydrogens (tertiary/aromatic N) is 3. The average molecular weight is 410 g/mol. The summed E-state index contributed by atoms with van der Waals surface area (Å²) in [4.78, 5) is 26.2. The van der Waals surface area contributed by atoms with Crippen LogP contribution >= 0.6 is 0 Å². The summed E-state index contributed by atoms with van der Waals surface area (Å²) >= 11 is 0. The number of carbonyl (C=O) groups is 1. The molecule has 0 radical (unpaired) electrons. The van der Waals surface area contributed by atoms with E-state index in [1.165, 1.54) is 34.7 Å². The zero-order valence-corrected chi connectivity index (χ0v) is 17.4. The summed E-state index contributed by atoms with van der Waals surface area (Å²) in [6.45, 7) is 5.04. The minimum atomic E-state index is -0.153. The van der Waals surface area contributed by atoms with Crippen LogP contribution in [0.4, 0.5) is 0 Å². The summed E-state index contributed by atoms with van der Waals surface area (Å²) in [7, 11) is 0. The van der Waals surface area contributed by atoms with Crippen molar-refractivity contribution in [3.8, 4) is 22.5 Å². The summed E-state index contributed by atoms with van der Waals surface area (Å²) in [6.07, 6.45) is 6.69. The monoisotopic (exact) mass is 410 g/mol. The van der Waals surface area contributed by atoms with Gasteiger partial charge >= 0.3 is 0 Å². The van der Waals surface area contributed by atoms with E-state index in [1.54, 1.807) is 0 Å². The summed E-state index contributed by atoms with van der Waals surface area (Å²) < 4.78 is 5.09. The Balaban J connectivity index is 1.32. The highest BCUT2D eigenvalue weighted by atomic mass is 16.3. The van der Waals surface area contributed by atoms with Gasteiger partial charge in [0, 0.05) is 11.8 Å². The minimum Gasteiger partial charge on any atom is -0.442 e. The van der Waals surface area contributed by atoms with Crippen molar-refractivity contribution >= 4 is 11.9 Å². The maximum Gasteiger partial charge on any atom is 0.264 e. The van der Waals surface area contributed by atoms with Crippen molar-refractivity contribution in [3.63, 3.8) is 0 Å². The molecule has 0 atom stereocenters. The molecule has 1 aliphatic heterocycles. The Morgan fingerprint density at radius 3 is 2.58 bits per heavy atom. The number of nitrogens with one attached hydrogen (secondary N) is 1. The van der Waals surface area contributed by atoms with Gasteiger partial charge < -0.3 is 14.3 Å². The molecule has 31 heavy (non-hydrogen) atoms. The van der Waals surface area contributed by atoms with Crippen molar-refractivity contribution in [2.75, 3.05) is 6.54 Å². The average Bonchev–Trinajstić information content (AvgIpc) is 3.46. The molecule has 1 N–H and O–H groups in total. The Kier molecular flexibility index (Phi) is 4.75. The minimum absolute atomic E-state index is 0.133. The second-order valence-corrected chi connectivity index (χ2v) is 7.81. The van der Waals surface area contributed by atoms with Crippen molar-refractivity contribution in [3.05, 3.63) is 89.5 Å². The van der Waals surface area contributed by atoms with Gasteiger partial charge in [-0.25, -0.2) is 9.97 Å². The van der Waals surface area contributed by atoms with Crippen LogP contribution in [-0.2, 0) is 6.54 Å². The van der Waals surface area contributed by atoms with Crippen LogP contribution < -0.4 is 0 Å². The molecule has 6 heteroatoms.